The summed E-state index contributed by atoms with van der Waals surface area (Å²) in [5.41, 5.74) is 0.292. The van der Waals surface area contributed by atoms with Gasteiger partial charge in [-0.05, 0) is 30.9 Å². The van der Waals surface area contributed by atoms with Crippen LogP contribution in [-0.2, 0) is 0 Å². The number of nitrogens with zero attached hydrogens (tertiary/aromatic N) is 1. The molecule has 3 atom stereocenters. The second-order valence-corrected chi connectivity index (χ2v) is 6.78. The molecule has 0 spiro atoms. The Labute approximate surface area is 117 Å². The molecule has 0 aliphatic carbocycles. The van der Waals surface area contributed by atoms with E-state index in [0.717, 1.165) is 18.8 Å². The maximum atomic E-state index is 5.60. The summed E-state index contributed by atoms with van der Waals surface area (Å²) in [5, 5.41) is 3.72. The van der Waals surface area contributed by atoms with Crippen molar-refractivity contribution in [3.63, 3.8) is 0 Å². The van der Waals surface area contributed by atoms with Crippen molar-refractivity contribution in [2.45, 2.75) is 59.2 Å². The number of nitrogens with one attached hydrogen (secondary N) is 1. The van der Waals surface area contributed by atoms with E-state index in [2.05, 4.69) is 50.9 Å². The first-order valence-electron chi connectivity index (χ1n) is 7.46. The van der Waals surface area contributed by atoms with Gasteiger partial charge in [0.25, 0.3) is 0 Å². The molecule has 1 N–H and O–H groups in total. The molecule has 2 heterocycles. The van der Waals surface area contributed by atoms with Gasteiger partial charge in [0.2, 0.25) is 0 Å². The fourth-order valence-electron chi connectivity index (χ4n) is 2.95. The van der Waals surface area contributed by atoms with E-state index < -0.39 is 0 Å². The van der Waals surface area contributed by atoms with Gasteiger partial charge in [0.05, 0.1) is 12.3 Å². The van der Waals surface area contributed by atoms with Crippen LogP contribution in [0.15, 0.2) is 22.8 Å². The normalized spacial score (nSPS) is 27.4. The highest BCUT2D eigenvalue weighted by atomic mass is 16.3. The third-order valence-corrected chi connectivity index (χ3v) is 4.43. The van der Waals surface area contributed by atoms with Crippen molar-refractivity contribution in [1.29, 1.82) is 0 Å². The molecular weight excluding hydrogens is 236 g/mol. The zero-order valence-electron chi connectivity index (χ0n) is 12.9. The molecule has 3 unspecified atom stereocenters. The maximum absolute atomic E-state index is 5.60. The van der Waals surface area contributed by atoms with Gasteiger partial charge in [-0.15, -0.1) is 0 Å². The first kappa shape index (κ1) is 14.6. The van der Waals surface area contributed by atoms with Gasteiger partial charge in [0.15, 0.2) is 0 Å². The van der Waals surface area contributed by atoms with Crippen molar-refractivity contribution >= 4 is 0 Å². The molecule has 3 nitrogen and oxygen atoms in total. The Morgan fingerprint density at radius 3 is 2.74 bits per heavy atom. The predicted octanol–water partition coefficient (Wildman–Crippen LogP) is 3.44. The summed E-state index contributed by atoms with van der Waals surface area (Å²) in [6, 6.07) is 5.56. The van der Waals surface area contributed by atoms with Crippen LogP contribution in [0.25, 0.3) is 0 Å². The topological polar surface area (TPSA) is 28.4 Å². The number of hydrogen-bond acceptors (Lipinski definition) is 3. The van der Waals surface area contributed by atoms with Gasteiger partial charge < -0.3 is 9.73 Å². The minimum Gasteiger partial charge on any atom is -0.468 e. The molecular formula is C16H28N2O. The van der Waals surface area contributed by atoms with Crippen LogP contribution in [0.2, 0.25) is 0 Å². The lowest BCUT2D eigenvalue weighted by Gasteiger charge is -2.46. The van der Waals surface area contributed by atoms with E-state index in [-0.39, 0.29) is 0 Å². The van der Waals surface area contributed by atoms with Gasteiger partial charge in [0, 0.05) is 25.2 Å². The number of piperazine rings is 1. The Morgan fingerprint density at radius 1 is 1.47 bits per heavy atom. The third kappa shape index (κ3) is 3.21. The largest absolute Gasteiger partial charge is 0.468 e. The second kappa shape index (κ2) is 5.68. The molecule has 1 saturated heterocycles. The Hall–Kier alpha value is -0.800. The molecule has 0 saturated carbocycles. The zero-order valence-corrected chi connectivity index (χ0v) is 12.9. The summed E-state index contributed by atoms with van der Waals surface area (Å²) in [7, 11) is 0. The van der Waals surface area contributed by atoms with E-state index in [9.17, 15) is 0 Å². The van der Waals surface area contributed by atoms with Crippen LogP contribution >= 0.6 is 0 Å². The first-order valence-corrected chi connectivity index (χ1v) is 7.46. The third-order valence-electron chi connectivity index (χ3n) is 4.43. The molecule has 0 aromatic carbocycles. The van der Waals surface area contributed by atoms with Crippen molar-refractivity contribution in [1.82, 2.24) is 10.2 Å². The van der Waals surface area contributed by atoms with Crippen LogP contribution in [0.1, 0.15) is 52.8 Å². The molecule has 1 aromatic heterocycles. The summed E-state index contributed by atoms with van der Waals surface area (Å²) in [6.07, 6.45) is 2.95. The Morgan fingerprint density at radius 2 is 2.21 bits per heavy atom. The lowest BCUT2D eigenvalue weighted by molar-refractivity contribution is 0.0457. The summed E-state index contributed by atoms with van der Waals surface area (Å²) < 4.78 is 5.60. The van der Waals surface area contributed by atoms with Crippen molar-refractivity contribution in [3.8, 4) is 0 Å². The zero-order chi connectivity index (χ0) is 14.0. The average Bonchev–Trinajstić information content (AvgIpc) is 2.90. The Bertz CT molecular complexity index is 380. The fraction of sp³-hybridized carbons (Fsp3) is 0.750. The van der Waals surface area contributed by atoms with E-state index in [0.29, 0.717) is 23.5 Å². The predicted molar refractivity (Wildman–Crippen MR) is 79.2 cm³/mol. The van der Waals surface area contributed by atoms with Crippen molar-refractivity contribution in [3.05, 3.63) is 24.2 Å². The lowest BCUT2D eigenvalue weighted by Crippen LogP contribution is -2.60. The summed E-state index contributed by atoms with van der Waals surface area (Å²) in [4.78, 5) is 2.60. The summed E-state index contributed by atoms with van der Waals surface area (Å²) in [6.45, 7) is 13.6. The van der Waals surface area contributed by atoms with Gasteiger partial charge in [-0.2, -0.15) is 0 Å². The smallest absolute Gasteiger partial charge is 0.120 e. The van der Waals surface area contributed by atoms with Crippen LogP contribution < -0.4 is 5.32 Å². The SMILES string of the molecule is CCC1CNC(C(C)(C)C)CN1C(C)c1ccco1. The molecule has 1 fully saturated rings. The second-order valence-electron chi connectivity index (χ2n) is 6.78. The van der Waals surface area contributed by atoms with Crippen LogP contribution in [0, 0.1) is 5.41 Å². The molecule has 108 valence electrons. The average molecular weight is 264 g/mol. The standard InChI is InChI=1S/C16H28N2O/c1-6-13-10-17-15(16(3,4)5)11-18(13)12(2)14-8-7-9-19-14/h7-9,12-13,15,17H,6,10-11H2,1-5H3. The van der Waals surface area contributed by atoms with Crippen LogP contribution in [-0.4, -0.2) is 30.1 Å². The van der Waals surface area contributed by atoms with E-state index in [1.807, 2.05) is 6.07 Å². The van der Waals surface area contributed by atoms with Crippen LogP contribution in [0.3, 0.4) is 0 Å². The monoisotopic (exact) mass is 264 g/mol. The first-order chi connectivity index (χ1) is 8.93. The molecule has 1 aliphatic heterocycles. The van der Waals surface area contributed by atoms with Gasteiger partial charge in [-0.25, -0.2) is 0 Å². The van der Waals surface area contributed by atoms with Gasteiger partial charge in [-0.3, -0.25) is 4.90 Å². The van der Waals surface area contributed by atoms with Gasteiger partial charge >= 0.3 is 0 Å². The molecule has 0 amide bonds. The van der Waals surface area contributed by atoms with Crippen molar-refractivity contribution in [2.24, 2.45) is 5.41 Å². The van der Waals surface area contributed by atoms with Gasteiger partial charge in [-0.1, -0.05) is 27.7 Å². The maximum Gasteiger partial charge on any atom is 0.120 e. The quantitative estimate of drug-likeness (QED) is 0.906. The Balaban J connectivity index is 2.14. The highest BCUT2D eigenvalue weighted by Gasteiger charge is 2.36. The minimum atomic E-state index is 0.292. The summed E-state index contributed by atoms with van der Waals surface area (Å²) in [5.74, 6) is 1.08. The number of furan rings is 1. The van der Waals surface area contributed by atoms with E-state index in [1.54, 1.807) is 6.26 Å². The summed E-state index contributed by atoms with van der Waals surface area (Å²) >= 11 is 0. The molecule has 19 heavy (non-hydrogen) atoms. The number of hydrogen-bond donors (Lipinski definition) is 1. The van der Waals surface area contributed by atoms with Crippen LogP contribution in [0.4, 0.5) is 0 Å². The molecule has 2 rings (SSSR count). The molecule has 0 bridgehead atoms. The van der Waals surface area contributed by atoms with Gasteiger partial charge in [0.1, 0.15) is 5.76 Å². The van der Waals surface area contributed by atoms with Crippen LogP contribution in [0.5, 0.6) is 0 Å². The fourth-order valence-corrected chi connectivity index (χ4v) is 2.95. The minimum absolute atomic E-state index is 0.292. The van der Waals surface area contributed by atoms with E-state index in [1.165, 1.54) is 6.42 Å². The Kier molecular flexibility index (Phi) is 4.36. The molecule has 1 aromatic rings. The molecule has 0 radical (unpaired) electrons. The highest BCUT2D eigenvalue weighted by molar-refractivity contribution is 5.06. The van der Waals surface area contributed by atoms with Crippen molar-refractivity contribution in [2.75, 3.05) is 13.1 Å². The highest BCUT2D eigenvalue weighted by Crippen LogP contribution is 2.30. The molecule has 3 heteroatoms. The van der Waals surface area contributed by atoms with E-state index in [4.69, 9.17) is 4.42 Å². The lowest BCUT2D eigenvalue weighted by atomic mass is 9.84. The number of rotatable bonds is 3. The van der Waals surface area contributed by atoms with Crippen molar-refractivity contribution < 1.29 is 4.42 Å². The van der Waals surface area contributed by atoms with E-state index >= 15 is 0 Å². The molecule has 1 aliphatic rings.